The molecule has 1 N–H and O–H groups in total. The molecule has 1 heterocycles. The Labute approximate surface area is 77.4 Å². The monoisotopic (exact) mass is 191 g/mol. The first-order chi connectivity index (χ1) is 5.75. The Morgan fingerprint density at radius 3 is 2.67 bits per heavy atom. The molecule has 4 heteroatoms. The zero-order valence-corrected chi connectivity index (χ0v) is 7.93. The average Bonchev–Trinajstić information content (AvgIpc) is 2.17. The highest BCUT2D eigenvalue weighted by molar-refractivity contribution is 6.30. The lowest BCUT2D eigenvalue weighted by atomic mass is 9.96. The molecule has 1 amide bonds. The Hall–Kier alpha value is -0.280. The van der Waals surface area contributed by atoms with E-state index in [1.807, 2.05) is 0 Å². The minimum atomic E-state index is -0.390. The molecule has 1 saturated heterocycles. The summed E-state index contributed by atoms with van der Waals surface area (Å²) in [5.74, 6) is 0.198. The Morgan fingerprint density at radius 2 is 2.17 bits per heavy atom. The predicted octanol–water partition coefficient (Wildman–Crippen LogP) is 0.766. The van der Waals surface area contributed by atoms with E-state index in [1.54, 1.807) is 7.05 Å². The molecular weight excluding hydrogens is 178 g/mol. The van der Waals surface area contributed by atoms with Crippen LogP contribution >= 0.6 is 11.6 Å². The number of amides is 1. The normalized spacial score (nSPS) is 21.8. The van der Waals surface area contributed by atoms with E-state index in [0.717, 1.165) is 26.1 Å². The molecule has 0 bridgehead atoms. The molecular formula is C8H14ClNO2. The van der Waals surface area contributed by atoms with Crippen molar-refractivity contribution < 1.29 is 9.53 Å². The van der Waals surface area contributed by atoms with Gasteiger partial charge in [-0.2, -0.15) is 0 Å². The van der Waals surface area contributed by atoms with Crippen molar-refractivity contribution in [2.45, 2.75) is 18.2 Å². The van der Waals surface area contributed by atoms with Gasteiger partial charge < -0.3 is 10.1 Å². The summed E-state index contributed by atoms with van der Waals surface area (Å²) < 4.78 is 5.17. The van der Waals surface area contributed by atoms with Crippen molar-refractivity contribution in [3.05, 3.63) is 0 Å². The summed E-state index contributed by atoms with van der Waals surface area (Å²) in [5, 5.41) is 2.16. The first kappa shape index (κ1) is 9.81. The van der Waals surface area contributed by atoms with Gasteiger partial charge in [0.2, 0.25) is 5.91 Å². The topological polar surface area (TPSA) is 38.3 Å². The maximum absolute atomic E-state index is 11.1. The quantitative estimate of drug-likeness (QED) is 0.655. The molecule has 1 aliphatic rings. The lowest BCUT2D eigenvalue weighted by Crippen LogP contribution is -2.36. The van der Waals surface area contributed by atoms with Crippen LogP contribution in [0.25, 0.3) is 0 Å². The average molecular weight is 192 g/mol. The number of hydrogen-bond acceptors (Lipinski definition) is 2. The standard InChI is InChI=1S/C8H14ClNO2/c1-10-8(11)7(9)6-2-4-12-5-3-6/h6-7H,2-5H2,1H3,(H,10,11). The van der Waals surface area contributed by atoms with Crippen molar-refractivity contribution in [1.82, 2.24) is 5.32 Å². The summed E-state index contributed by atoms with van der Waals surface area (Å²) in [6, 6.07) is 0. The van der Waals surface area contributed by atoms with Crippen LogP contribution in [0.4, 0.5) is 0 Å². The van der Waals surface area contributed by atoms with Crippen molar-refractivity contribution in [3.63, 3.8) is 0 Å². The number of hydrogen-bond donors (Lipinski definition) is 1. The molecule has 0 radical (unpaired) electrons. The fourth-order valence-electron chi connectivity index (χ4n) is 1.36. The van der Waals surface area contributed by atoms with Crippen LogP contribution in [0.5, 0.6) is 0 Å². The summed E-state index contributed by atoms with van der Waals surface area (Å²) in [7, 11) is 1.61. The van der Waals surface area contributed by atoms with Crippen LogP contribution in [0, 0.1) is 5.92 Å². The fourth-order valence-corrected chi connectivity index (χ4v) is 1.72. The molecule has 1 atom stereocenters. The van der Waals surface area contributed by atoms with Gasteiger partial charge in [0.15, 0.2) is 0 Å². The molecule has 12 heavy (non-hydrogen) atoms. The van der Waals surface area contributed by atoms with Crippen molar-refractivity contribution in [1.29, 1.82) is 0 Å². The van der Waals surface area contributed by atoms with Gasteiger partial charge in [-0.1, -0.05) is 0 Å². The van der Waals surface area contributed by atoms with E-state index in [9.17, 15) is 4.79 Å². The van der Waals surface area contributed by atoms with Crippen molar-refractivity contribution in [3.8, 4) is 0 Å². The molecule has 0 spiro atoms. The van der Waals surface area contributed by atoms with Crippen molar-refractivity contribution >= 4 is 17.5 Å². The molecule has 1 fully saturated rings. The second-order valence-electron chi connectivity index (χ2n) is 2.97. The third-order valence-electron chi connectivity index (χ3n) is 2.18. The van der Waals surface area contributed by atoms with Crippen LogP contribution in [-0.2, 0) is 9.53 Å². The summed E-state index contributed by atoms with van der Waals surface area (Å²) in [4.78, 5) is 11.1. The van der Waals surface area contributed by atoms with Crippen LogP contribution < -0.4 is 5.32 Å². The Bertz CT molecular complexity index is 157. The molecule has 0 aromatic carbocycles. The molecule has 1 rings (SSSR count). The van der Waals surface area contributed by atoms with E-state index in [1.165, 1.54) is 0 Å². The van der Waals surface area contributed by atoms with E-state index < -0.39 is 0 Å². The highest BCUT2D eigenvalue weighted by Gasteiger charge is 2.26. The summed E-state index contributed by atoms with van der Waals surface area (Å²) in [5.41, 5.74) is 0. The van der Waals surface area contributed by atoms with E-state index in [-0.39, 0.29) is 17.2 Å². The molecule has 3 nitrogen and oxygen atoms in total. The van der Waals surface area contributed by atoms with Gasteiger partial charge in [0.25, 0.3) is 0 Å². The minimum absolute atomic E-state index is 0.0800. The number of nitrogens with one attached hydrogen (secondary N) is 1. The summed E-state index contributed by atoms with van der Waals surface area (Å²) in [6.45, 7) is 1.45. The first-order valence-corrected chi connectivity index (χ1v) is 4.62. The number of halogens is 1. The number of ether oxygens (including phenoxy) is 1. The van der Waals surface area contributed by atoms with Crippen LogP contribution in [-0.4, -0.2) is 31.5 Å². The second kappa shape index (κ2) is 4.67. The first-order valence-electron chi connectivity index (χ1n) is 4.19. The molecule has 0 aromatic rings. The lowest BCUT2D eigenvalue weighted by molar-refractivity contribution is -0.121. The summed E-state index contributed by atoms with van der Waals surface area (Å²) >= 11 is 5.94. The maximum atomic E-state index is 11.1. The Balaban J connectivity index is 2.39. The number of alkyl halides is 1. The third kappa shape index (κ3) is 2.35. The van der Waals surface area contributed by atoms with E-state index in [0.29, 0.717) is 0 Å². The van der Waals surface area contributed by atoms with Gasteiger partial charge in [-0.25, -0.2) is 0 Å². The van der Waals surface area contributed by atoms with E-state index in [2.05, 4.69) is 5.32 Å². The molecule has 0 aromatic heterocycles. The smallest absolute Gasteiger partial charge is 0.238 e. The van der Waals surface area contributed by atoms with Crippen LogP contribution in [0.2, 0.25) is 0 Å². The Morgan fingerprint density at radius 1 is 1.58 bits per heavy atom. The van der Waals surface area contributed by atoms with E-state index >= 15 is 0 Å². The van der Waals surface area contributed by atoms with Gasteiger partial charge in [-0.05, 0) is 18.8 Å². The zero-order chi connectivity index (χ0) is 8.97. The predicted molar refractivity (Wildman–Crippen MR) is 47.3 cm³/mol. The molecule has 1 aliphatic heterocycles. The number of carbonyl (C=O) groups excluding carboxylic acids is 1. The zero-order valence-electron chi connectivity index (χ0n) is 7.18. The molecule has 1 unspecified atom stereocenters. The molecule has 70 valence electrons. The molecule has 0 saturated carbocycles. The SMILES string of the molecule is CNC(=O)C(Cl)C1CCOCC1. The second-order valence-corrected chi connectivity index (χ2v) is 3.44. The molecule has 0 aliphatic carbocycles. The minimum Gasteiger partial charge on any atom is -0.381 e. The Kier molecular flexibility index (Phi) is 3.82. The van der Waals surface area contributed by atoms with Gasteiger partial charge in [0, 0.05) is 20.3 Å². The largest absolute Gasteiger partial charge is 0.381 e. The van der Waals surface area contributed by atoms with Crippen LogP contribution in [0.15, 0.2) is 0 Å². The highest BCUT2D eigenvalue weighted by Crippen LogP contribution is 2.22. The van der Waals surface area contributed by atoms with Gasteiger partial charge in [-0.15, -0.1) is 11.6 Å². The van der Waals surface area contributed by atoms with Crippen molar-refractivity contribution in [2.75, 3.05) is 20.3 Å². The van der Waals surface area contributed by atoms with Gasteiger partial charge in [-0.3, -0.25) is 4.79 Å². The van der Waals surface area contributed by atoms with E-state index in [4.69, 9.17) is 16.3 Å². The number of rotatable bonds is 2. The van der Waals surface area contributed by atoms with Gasteiger partial charge in [0.1, 0.15) is 5.38 Å². The highest BCUT2D eigenvalue weighted by atomic mass is 35.5. The van der Waals surface area contributed by atoms with Crippen molar-refractivity contribution in [2.24, 2.45) is 5.92 Å². The summed E-state index contributed by atoms with van der Waals surface area (Å²) in [6.07, 6.45) is 1.78. The van der Waals surface area contributed by atoms with Crippen LogP contribution in [0.1, 0.15) is 12.8 Å². The third-order valence-corrected chi connectivity index (χ3v) is 2.73. The maximum Gasteiger partial charge on any atom is 0.238 e. The van der Waals surface area contributed by atoms with Crippen LogP contribution in [0.3, 0.4) is 0 Å². The van der Waals surface area contributed by atoms with Gasteiger partial charge >= 0.3 is 0 Å². The van der Waals surface area contributed by atoms with Gasteiger partial charge in [0.05, 0.1) is 0 Å². The fraction of sp³-hybridized carbons (Fsp3) is 0.875. The lowest BCUT2D eigenvalue weighted by Gasteiger charge is -2.24. The number of carbonyl (C=O) groups is 1.